The first-order chi connectivity index (χ1) is 25.4. The number of carbonyl (C=O) groups excluding carboxylic acids is 3. The van der Waals surface area contributed by atoms with E-state index in [4.69, 9.17) is 9.15 Å². The van der Waals surface area contributed by atoms with Gasteiger partial charge in [-0.25, -0.2) is 22.5 Å². The lowest BCUT2D eigenvalue weighted by atomic mass is 9.84. The second-order valence-electron chi connectivity index (χ2n) is 14.8. The zero-order valence-electron chi connectivity index (χ0n) is 30.0. The largest absolute Gasteiger partial charge is 0.434 e. The van der Waals surface area contributed by atoms with Gasteiger partial charge < -0.3 is 24.7 Å². The average Bonchev–Trinajstić information content (AvgIpc) is 3.78. The van der Waals surface area contributed by atoms with Crippen molar-refractivity contribution >= 4 is 54.7 Å². The van der Waals surface area contributed by atoms with Crippen LogP contribution in [0.5, 0.6) is 0 Å². The Bertz CT molecular complexity index is 1830. The molecule has 288 valence electrons. The number of fused-ring (bicyclic) bond motifs is 1. The molecule has 0 bridgehead atoms. The first kappa shape index (κ1) is 39.5. The third-order valence-corrected chi connectivity index (χ3v) is 12.0. The van der Waals surface area contributed by atoms with Crippen LogP contribution in [0.15, 0.2) is 51.4 Å². The van der Waals surface area contributed by atoms with Crippen molar-refractivity contribution in [3.05, 3.63) is 64.2 Å². The fourth-order valence-corrected chi connectivity index (χ4v) is 8.97. The second-order valence-corrected chi connectivity index (χ2v) is 17.5. The lowest BCUT2D eigenvalue weighted by molar-refractivity contribution is -0.140. The Balaban J connectivity index is 1.25. The van der Waals surface area contributed by atoms with Gasteiger partial charge >= 0.3 is 0 Å². The number of Topliss-reactive ketones (excluding diaryl/α,β-unsaturated/α-hetero) is 1. The first-order valence-electron chi connectivity index (χ1n) is 18.7. The molecule has 15 heteroatoms. The average molecular weight is 819 g/mol. The Morgan fingerprint density at radius 2 is 1.81 bits per heavy atom. The summed E-state index contributed by atoms with van der Waals surface area (Å²) in [5.74, 6) is -1.56. The number of hydrogen-bond acceptors (Lipinski definition) is 9. The fraction of sp³-hybridized carbons (Fsp3) is 0.579. The number of ether oxygens (including phenoxy) is 1. The monoisotopic (exact) mass is 817 g/mol. The molecule has 2 aromatic carbocycles. The maximum absolute atomic E-state index is 14.7. The van der Waals surface area contributed by atoms with Crippen molar-refractivity contribution < 1.29 is 36.3 Å². The molecule has 1 aromatic heterocycles. The summed E-state index contributed by atoms with van der Waals surface area (Å²) < 4.78 is 54.8. The standard InChI is InChI=1S/C38H49BrFN5O7S/c1-53(49,50)44-31(14-11-24-15-17-41-18-16-24)38(48)45-22-28(51-23-26-12-13-27(39)20-29(26)40)21-33(45)36(47)42-32(19-25-7-3-2-4-8-25)35(46)37-43-30-9-5-6-10-34(30)52-37/h5-6,9-10,12-13,20,24-25,28,31-33,41,44H,2-4,7-8,11,14-19,21-23H2,1H3,(H,42,47)/t28-,31-,32+,33?/m1/s1. The maximum Gasteiger partial charge on any atom is 0.266 e. The SMILES string of the molecule is CS(=O)(=O)N[C@H](CCC1CCNCC1)C(=O)N1C[C@H](OCc2ccc(Br)cc2F)CC1C(=O)N[C@@H](CC1CCCCC1)C(=O)c1nc2ccccc2o1. The molecule has 0 spiro atoms. The number of nitrogens with zero attached hydrogens (tertiary/aromatic N) is 2. The van der Waals surface area contributed by atoms with Gasteiger partial charge in [-0.05, 0) is 81.3 Å². The molecule has 0 radical (unpaired) electrons. The third-order valence-electron chi connectivity index (χ3n) is 10.7. The van der Waals surface area contributed by atoms with Crippen LogP contribution in [0.25, 0.3) is 11.1 Å². The second kappa shape index (κ2) is 17.9. The van der Waals surface area contributed by atoms with E-state index in [-0.39, 0.29) is 37.8 Å². The Hall–Kier alpha value is -3.24. The number of ketones is 1. The van der Waals surface area contributed by atoms with Crippen LogP contribution in [0.1, 0.15) is 86.9 Å². The number of likely N-dealkylation sites (tertiary alicyclic amines) is 1. The number of rotatable bonds is 15. The van der Waals surface area contributed by atoms with Crippen LogP contribution in [0.4, 0.5) is 4.39 Å². The van der Waals surface area contributed by atoms with Gasteiger partial charge in [-0.3, -0.25) is 14.4 Å². The van der Waals surface area contributed by atoms with E-state index in [1.165, 1.54) is 11.0 Å². The molecule has 4 atom stereocenters. The van der Waals surface area contributed by atoms with Crippen LogP contribution in [0, 0.1) is 17.7 Å². The molecule has 2 amide bonds. The molecule has 1 aliphatic carbocycles. The Morgan fingerprint density at radius 1 is 1.06 bits per heavy atom. The van der Waals surface area contributed by atoms with E-state index < -0.39 is 57.7 Å². The highest BCUT2D eigenvalue weighted by atomic mass is 79.9. The molecule has 3 fully saturated rings. The Kier molecular flexibility index (Phi) is 13.3. The number of piperidine rings is 1. The van der Waals surface area contributed by atoms with Crippen LogP contribution in [-0.2, 0) is 31.0 Å². The van der Waals surface area contributed by atoms with Gasteiger partial charge in [0.05, 0.1) is 25.0 Å². The van der Waals surface area contributed by atoms with Gasteiger partial charge in [0.15, 0.2) is 5.58 Å². The quantitative estimate of drug-likeness (QED) is 0.174. The molecule has 3 N–H and O–H groups in total. The van der Waals surface area contributed by atoms with E-state index in [1.54, 1.807) is 36.4 Å². The van der Waals surface area contributed by atoms with Gasteiger partial charge in [0.2, 0.25) is 27.6 Å². The van der Waals surface area contributed by atoms with Crippen LogP contribution in [0.2, 0.25) is 0 Å². The number of carbonyl (C=O) groups is 3. The molecule has 2 saturated heterocycles. The summed E-state index contributed by atoms with van der Waals surface area (Å²) in [5.41, 5.74) is 1.30. The summed E-state index contributed by atoms with van der Waals surface area (Å²) in [4.78, 5) is 48.6. The van der Waals surface area contributed by atoms with E-state index in [2.05, 4.69) is 36.3 Å². The van der Waals surface area contributed by atoms with Crippen LogP contribution >= 0.6 is 15.9 Å². The highest BCUT2D eigenvalue weighted by Gasteiger charge is 2.44. The van der Waals surface area contributed by atoms with Crippen molar-refractivity contribution in [1.82, 2.24) is 25.2 Å². The third kappa shape index (κ3) is 10.7. The summed E-state index contributed by atoms with van der Waals surface area (Å²) in [6, 6.07) is 8.56. The molecule has 3 heterocycles. The molecule has 3 aromatic rings. The highest BCUT2D eigenvalue weighted by molar-refractivity contribution is 9.10. The smallest absolute Gasteiger partial charge is 0.266 e. The minimum absolute atomic E-state index is 0.0171. The molecule has 1 saturated carbocycles. The van der Waals surface area contributed by atoms with E-state index in [0.29, 0.717) is 39.9 Å². The van der Waals surface area contributed by atoms with Crippen molar-refractivity contribution in [3.63, 3.8) is 0 Å². The zero-order valence-corrected chi connectivity index (χ0v) is 32.4. The number of para-hydroxylation sites is 2. The van der Waals surface area contributed by atoms with Gasteiger partial charge in [-0.1, -0.05) is 66.2 Å². The molecule has 2 aliphatic heterocycles. The number of sulfonamides is 1. The minimum Gasteiger partial charge on any atom is -0.434 e. The van der Waals surface area contributed by atoms with Gasteiger partial charge in [-0.2, -0.15) is 0 Å². The number of nitrogens with one attached hydrogen (secondary N) is 3. The molecule has 12 nitrogen and oxygen atoms in total. The highest BCUT2D eigenvalue weighted by Crippen LogP contribution is 2.30. The van der Waals surface area contributed by atoms with Crippen molar-refractivity contribution in [2.45, 2.75) is 101 Å². The lowest BCUT2D eigenvalue weighted by Gasteiger charge is -2.31. The van der Waals surface area contributed by atoms with E-state index in [9.17, 15) is 27.2 Å². The van der Waals surface area contributed by atoms with Gasteiger partial charge in [0.25, 0.3) is 5.89 Å². The molecular weight excluding hydrogens is 769 g/mol. The fourth-order valence-electron chi connectivity index (χ4n) is 7.90. The van der Waals surface area contributed by atoms with Gasteiger partial charge in [0, 0.05) is 23.0 Å². The van der Waals surface area contributed by atoms with Crippen molar-refractivity contribution in [1.29, 1.82) is 0 Å². The number of amides is 2. The maximum atomic E-state index is 14.7. The van der Waals surface area contributed by atoms with Crippen LogP contribution < -0.4 is 15.4 Å². The Labute approximate surface area is 318 Å². The molecule has 1 unspecified atom stereocenters. The summed E-state index contributed by atoms with van der Waals surface area (Å²) in [6.07, 6.45) is 8.62. The van der Waals surface area contributed by atoms with E-state index >= 15 is 0 Å². The van der Waals surface area contributed by atoms with Crippen molar-refractivity contribution in [2.75, 3.05) is 25.9 Å². The minimum atomic E-state index is -3.79. The normalized spacial score (nSPS) is 21.5. The van der Waals surface area contributed by atoms with E-state index in [0.717, 1.165) is 64.3 Å². The Morgan fingerprint density at radius 3 is 2.53 bits per heavy atom. The number of oxazole rings is 1. The molecule has 3 aliphatic rings. The summed E-state index contributed by atoms with van der Waals surface area (Å²) in [7, 11) is -3.79. The molecule has 53 heavy (non-hydrogen) atoms. The topological polar surface area (TPSA) is 160 Å². The van der Waals surface area contributed by atoms with Gasteiger partial charge in [-0.15, -0.1) is 0 Å². The number of benzene rings is 2. The van der Waals surface area contributed by atoms with Gasteiger partial charge in [0.1, 0.15) is 23.4 Å². The number of hydrogen-bond donors (Lipinski definition) is 3. The summed E-state index contributed by atoms with van der Waals surface area (Å²) in [6.45, 7) is 1.61. The predicted octanol–water partition coefficient (Wildman–Crippen LogP) is 5.25. The predicted molar refractivity (Wildman–Crippen MR) is 201 cm³/mol. The van der Waals surface area contributed by atoms with Crippen molar-refractivity contribution in [2.24, 2.45) is 11.8 Å². The summed E-state index contributed by atoms with van der Waals surface area (Å²) >= 11 is 3.26. The van der Waals surface area contributed by atoms with Crippen LogP contribution in [0.3, 0.4) is 0 Å². The zero-order chi connectivity index (χ0) is 37.5. The molecule has 6 rings (SSSR count). The lowest BCUT2D eigenvalue weighted by Crippen LogP contribution is -2.55. The molecular formula is C38H49BrFN5O7S. The summed E-state index contributed by atoms with van der Waals surface area (Å²) in [5, 5.41) is 6.29. The van der Waals surface area contributed by atoms with Crippen LogP contribution in [-0.4, -0.2) is 86.0 Å². The number of aromatic nitrogens is 1. The van der Waals surface area contributed by atoms with E-state index in [1.807, 2.05) is 0 Å². The van der Waals surface area contributed by atoms with Crippen molar-refractivity contribution in [3.8, 4) is 0 Å². The first-order valence-corrected chi connectivity index (χ1v) is 21.4. The number of halogens is 2.